The number of amides is 2. The van der Waals surface area contributed by atoms with Gasteiger partial charge in [0.15, 0.2) is 0 Å². The third-order valence-electron chi connectivity index (χ3n) is 5.93. The fourth-order valence-electron chi connectivity index (χ4n) is 4.00. The first kappa shape index (κ1) is 23.3. The number of alkyl carbamates (subject to hydrolysis) is 1. The lowest BCUT2D eigenvalue weighted by Crippen LogP contribution is -2.48. The van der Waals surface area contributed by atoms with Gasteiger partial charge in [-0.3, -0.25) is 9.59 Å². The normalized spacial score (nSPS) is 14.1. The average molecular weight is 439 g/mol. The number of carbonyl (C=O) groups excluding carboxylic acids is 2. The van der Waals surface area contributed by atoms with Crippen LogP contribution in [0.15, 0.2) is 48.5 Å². The van der Waals surface area contributed by atoms with Crippen molar-refractivity contribution in [2.24, 2.45) is 5.92 Å². The number of carboxylic acids is 1. The van der Waals surface area contributed by atoms with Crippen molar-refractivity contribution in [3.05, 3.63) is 59.7 Å². The molecule has 0 bridgehead atoms. The summed E-state index contributed by atoms with van der Waals surface area (Å²) in [7, 11) is 0. The molecule has 0 radical (unpaired) electrons. The van der Waals surface area contributed by atoms with Crippen molar-refractivity contribution in [2.45, 2.75) is 45.1 Å². The van der Waals surface area contributed by atoms with E-state index in [9.17, 15) is 14.4 Å². The minimum Gasteiger partial charge on any atom is -0.481 e. The highest BCUT2D eigenvalue weighted by molar-refractivity contribution is 5.86. The second-order valence-corrected chi connectivity index (χ2v) is 8.21. The maximum atomic E-state index is 12.6. The van der Waals surface area contributed by atoms with E-state index >= 15 is 0 Å². The van der Waals surface area contributed by atoms with Gasteiger partial charge in [0.1, 0.15) is 12.6 Å². The lowest BCUT2D eigenvalue weighted by atomic mass is 9.98. The minimum atomic E-state index is -0.992. The Labute approximate surface area is 188 Å². The van der Waals surface area contributed by atoms with Gasteiger partial charge in [-0.1, -0.05) is 68.8 Å². The van der Waals surface area contributed by atoms with E-state index < -0.39 is 24.0 Å². The number of hydrogen-bond acceptors (Lipinski definition) is 4. The lowest BCUT2D eigenvalue weighted by Gasteiger charge is -2.22. The van der Waals surface area contributed by atoms with Crippen molar-refractivity contribution in [1.82, 2.24) is 10.6 Å². The van der Waals surface area contributed by atoms with Crippen LogP contribution in [0.25, 0.3) is 11.1 Å². The molecular weight excluding hydrogens is 408 g/mol. The number of carbonyl (C=O) groups is 3. The first-order valence-electron chi connectivity index (χ1n) is 11.0. The summed E-state index contributed by atoms with van der Waals surface area (Å²) >= 11 is 0. The topological polar surface area (TPSA) is 105 Å². The first-order valence-corrected chi connectivity index (χ1v) is 11.0. The van der Waals surface area contributed by atoms with Crippen LogP contribution in [0.1, 0.15) is 50.2 Å². The maximum absolute atomic E-state index is 12.6. The van der Waals surface area contributed by atoms with E-state index in [-0.39, 0.29) is 31.4 Å². The molecule has 0 fully saturated rings. The molecule has 170 valence electrons. The Hall–Kier alpha value is -3.35. The molecule has 2 aromatic carbocycles. The molecule has 2 atom stereocenters. The lowest BCUT2D eigenvalue weighted by molar-refractivity contribution is -0.137. The molecule has 0 heterocycles. The Morgan fingerprint density at radius 2 is 1.62 bits per heavy atom. The number of fused-ring (bicyclic) bond motifs is 3. The van der Waals surface area contributed by atoms with Crippen LogP contribution >= 0.6 is 0 Å². The van der Waals surface area contributed by atoms with Crippen molar-refractivity contribution in [1.29, 1.82) is 0 Å². The standard InChI is InChI=1S/C25H30N2O5/c1-3-16(2)14-22(24(30)26-13-12-23(28)29)27-25(31)32-15-21-19-10-6-4-8-17(19)18-9-5-7-11-20(18)21/h4-11,16,21-22H,3,12-15H2,1-2H3,(H,26,30)(H,27,31)(H,28,29). The quantitative estimate of drug-likeness (QED) is 0.521. The summed E-state index contributed by atoms with van der Waals surface area (Å²) < 4.78 is 5.55. The van der Waals surface area contributed by atoms with E-state index in [2.05, 4.69) is 22.8 Å². The Bertz CT molecular complexity index is 929. The predicted molar refractivity (Wildman–Crippen MR) is 121 cm³/mol. The second-order valence-electron chi connectivity index (χ2n) is 8.21. The number of nitrogens with one attached hydrogen (secondary N) is 2. The summed E-state index contributed by atoms with van der Waals surface area (Å²) in [6, 6.07) is 15.4. The zero-order valence-electron chi connectivity index (χ0n) is 18.5. The van der Waals surface area contributed by atoms with E-state index in [4.69, 9.17) is 9.84 Å². The van der Waals surface area contributed by atoms with Gasteiger partial charge < -0.3 is 20.5 Å². The molecule has 0 aliphatic heterocycles. The SMILES string of the molecule is CCC(C)CC(NC(=O)OCC1c2ccccc2-c2ccccc21)C(=O)NCCC(=O)O. The van der Waals surface area contributed by atoms with Gasteiger partial charge in [0, 0.05) is 12.5 Å². The van der Waals surface area contributed by atoms with Crippen LogP contribution in [0.3, 0.4) is 0 Å². The minimum absolute atomic E-state index is 0.0115. The average Bonchev–Trinajstić information content (AvgIpc) is 3.10. The number of carboxylic acid groups (broad SMARTS) is 1. The summed E-state index contributed by atoms with van der Waals surface area (Å²) in [5, 5.41) is 14.0. The Morgan fingerprint density at radius 1 is 1.03 bits per heavy atom. The molecule has 7 heteroatoms. The van der Waals surface area contributed by atoms with Gasteiger partial charge in [-0.25, -0.2) is 4.79 Å². The van der Waals surface area contributed by atoms with Crippen molar-refractivity contribution in [2.75, 3.05) is 13.2 Å². The van der Waals surface area contributed by atoms with Crippen molar-refractivity contribution < 1.29 is 24.2 Å². The highest BCUT2D eigenvalue weighted by Crippen LogP contribution is 2.44. The largest absolute Gasteiger partial charge is 0.481 e. The number of ether oxygens (including phenoxy) is 1. The fourth-order valence-corrected chi connectivity index (χ4v) is 4.00. The monoisotopic (exact) mass is 438 g/mol. The van der Waals surface area contributed by atoms with Crippen LogP contribution in [-0.2, 0) is 14.3 Å². The molecule has 0 spiro atoms. The van der Waals surface area contributed by atoms with Crippen molar-refractivity contribution >= 4 is 18.0 Å². The Kier molecular flexibility index (Phi) is 7.87. The van der Waals surface area contributed by atoms with Gasteiger partial charge >= 0.3 is 12.1 Å². The van der Waals surface area contributed by atoms with E-state index in [0.29, 0.717) is 6.42 Å². The summed E-state index contributed by atoms with van der Waals surface area (Å²) in [4.78, 5) is 35.8. The van der Waals surface area contributed by atoms with Crippen molar-refractivity contribution in [3.8, 4) is 11.1 Å². The van der Waals surface area contributed by atoms with Gasteiger partial charge in [0.05, 0.1) is 6.42 Å². The highest BCUT2D eigenvalue weighted by Gasteiger charge is 2.30. The van der Waals surface area contributed by atoms with Gasteiger partial charge in [-0.05, 0) is 34.6 Å². The molecule has 2 amide bonds. The van der Waals surface area contributed by atoms with Crippen LogP contribution < -0.4 is 10.6 Å². The maximum Gasteiger partial charge on any atom is 0.407 e. The molecule has 1 aliphatic carbocycles. The molecule has 32 heavy (non-hydrogen) atoms. The third kappa shape index (κ3) is 5.66. The molecule has 7 nitrogen and oxygen atoms in total. The number of benzene rings is 2. The molecule has 0 saturated heterocycles. The molecule has 2 aromatic rings. The molecule has 0 aromatic heterocycles. The van der Waals surface area contributed by atoms with Crippen molar-refractivity contribution in [3.63, 3.8) is 0 Å². The zero-order chi connectivity index (χ0) is 23.1. The van der Waals surface area contributed by atoms with E-state index in [0.717, 1.165) is 28.7 Å². The van der Waals surface area contributed by atoms with Crippen LogP contribution in [0, 0.1) is 5.92 Å². The molecule has 3 N–H and O–H groups in total. The number of aliphatic carboxylic acids is 1. The van der Waals surface area contributed by atoms with Crippen LogP contribution in [0.2, 0.25) is 0 Å². The highest BCUT2D eigenvalue weighted by atomic mass is 16.5. The molecule has 3 rings (SSSR count). The van der Waals surface area contributed by atoms with E-state index in [1.165, 1.54) is 0 Å². The van der Waals surface area contributed by atoms with E-state index in [1.54, 1.807) is 0 Å². The second kappa shape index (κ2) is 10.8. The van der Waals surface area contributed by atoms with Gasteiger partial charge in [-0.2, -0.15) is 0 Å². The zero-order valence-corrected chi connectivity index (χ0v) is 18.5. The third-order valence-corrected chi connectivity index (χ3v) is 5.93. The summed E-state index contributed by atoms with van der Waals surface area (Å²) in [5.74, 6) is -1.25. The van der Waals surface area contributed by atoms with E-state index in [1.807, 2.05) is 50.2 Å². The van der Waals surface area contributed by atoms with Gasteiger partial charge in [-0.15, -0.1) is 0 Å². The van der Waals surface area contributed by atoms with Crippen LogP contribution in [0.5, 0.6) is 0 Å². The number of rotatable bonds is 10. The molecule has 0 saturated carbocycles. The number of hydrogen-bond donors (Lipinski definition) is 3. The molecule has 2 unspecified atom stereocenters. The van der Waals surface area contributed by atoms with Gasteiger partial charge in [0.2, 0.25) is 5.91 Å². The summed E-state index contributed by atoms with van der Waals surface area (Å²) in [6.07, 6.45) is 0.464. The Balaban J connectivity index is 1.63. The molecular formula is C25H30N2O5. The summed E-state index contributed by atoms with van der Waals surface area (Å²) in [6.45, 7) is 4.18. The summed E-state index contributed by atoms with van der Waals surface area (Å²) in [5.41, 5.74) is 4.52. The van der Waals surface area contributed by atoms with Gasteiger partial charge in [0.25, 0.3) is 0 Å². The Morgan fingerprint density at radius 3 is 2.19 bits per heavy atom. The van der Waals surface area contributed by atoms with Crippen LogP contribution in [-0.4, -0.2) is 42.3 Å². The first-order chi connectivity index (χ1) is 15.4. The molecule has 1 aliphatic rings. The fraction of sp³-hybridized carbons (Fsp3) is 0.400. The smallest absolute Gasteiger partial charge is 0.407 e. The van der Waals surface area contributed by atoms with Crippen LogP contribution in [0.4, 0.5) is 4.79 Å². The predicted octanol–water partition coefficient (Wildman–Crippen LogP) is 3.92.